The summed E-state index contributed by atoms with van der Waals surface area (Å²) in [6.07, 6.45) is 0.521. The molecule has 1 unspecified atom stereocenters. The van der Waals surface area contributed by atoms with Gasteiger partial charge in [0.25, 0.3) is 5.91 Å². The molecular formula is C21H23N5O2. The first kappa shape index (κ1) is 18.2. The minimum absolute atomic E-state index is 0.176. The lowest BCUT2D eigenvalue weighted by atomic mass is 9.96. The fourth-order valence-corrected chi connectivity index (χ4v) is 3.85. The molecule has 1 aliphatic heterocycles. The highest BCUT2D eigenvalue weighted by Gasteiger charge is 2.46. The van der Waals surface area contributed by atoms with Crippen molar-refractivity contribution < 1.29 is 9.59 Å². The maximum absolute atomic E-state index is 12.9. The molecule has 1 saturated heterocycles. The smallest absolute Gasteiger partial charge is 0.271 e. The largest absolute Gasteiger partial charge is 0.368 e. The van der Waals surface area contributed by atoms with Crippen molar-refractivity contribution in [3.63, 3.8) is 0 Å². The maximum Gasteiger partial charge on any atom is 0.271 e. The second-order valence-electron chi connectivity index (χ2n) is 7.50. The Morgan fingerprint density at radius 2 is 1.89 bits per heavy atom. The summed E-state index contributed by atoms with van der Waals surface area (Å²) in [5, 5.41) is 9.43. The molecule has 28 heavy (non-hydrogen) atoms. The molecule has 2 amide bonds. The Balaban J connectivity index is 1.57. The van der Waals surface area contributed by atoms with Gasteiger partial charge in [-0.05, 0) is 43.4 Å². The Hall–Kier alpha value is -3.19. The fraction of sp³-hybridized carbons (Fsp3) is 0.286. The number of aromatic nitrogens is 2. The van der Waals surface area contributed by atoms with E-state index in [0.717, 1.165) is 16.3 Å². The molecule has 7 heteroatoms. The molecule has 0 radical (unpaired) electrons. The lowest BCUT2D eigenvalue weighted by Gasteiger charge is -2.32. The second-order valence-corrected chi connectivity index (χ2v) is 7.50. The molecule has 3 N–H and O–H groups in total. The van der Waals surface area contributed by atoms with Crippen LogP contribution in [0.4, 0.5) is 0 Å². The van der Waals surface area contributed by atoms with Crippen LogP contribution in [-0.4, -0.2) is 64.5 Å². The van der Waals surface area contributed by atoms with E-state index in [4.69, 9.17) is 5.73 Å². The van der Waals surface area contributed by atoms with E-state index >= 15 is 0 Å². The van der Waals surface area contributed by atoms with E-state index in [0.29, 0.717) is 24.4 Å². The first-order chi connectivity index (χ1) is 13.4. The third-order valence-electron chi connectivity index (χ3n) is 5.70. The molecule has 1 aromatic heterocycles. The van der Waals surface area contributed by atoms with Gasteiger partial charge < -0.3 is 10.6 Å². The molecule has 2 heterocycles. The molecule has 0 bridgehead atoms. The molecule has 3 aromatic rings. The van der Waals surface area contributed by atoms with Crippen LogP contribution < -0.4 is 5.73 Å². The van der Waals surface area contributed by atoms with E-state index in [9.17, 15) is 9.59 Å². The van der Waals surface area contributed by atoms with Gasteiger partial charge in [0.2, 0.25) is 5.91 Å². The van der Waals surface area contributed by atoms with Crippen molar-refractivity contribution in [2.75, 3.05) is 27.2 Å². The summed E-state index contributed by atoms with van der Waals surface area (Å²) in [5.74, 6) is -0.584. The van der Waals surface area contributed by atoms with Crippen LogP contribution in [0.3, 0.4) is 0 Å². The Morgan fingerprint density at radius 3 is 2.57 bits per heavy atom. The van der Waals surface area contributed by atoms with E-state index in [1.54, 1.807) is 15.9 Å². The lowest BCUT2D eigenvalue weighted by molar-refractivity contribution is -0.127. The van der Waals surface area contributed by atoms with Crippen LogP contribution >= 0.6 is 0 Å². The van der Waals surface area contributed by atoms with Crippen LogP contribution in [-0.2, 0) is 4.79 Å². The minimum atomic E-state index is -0.823. The third-order valence-corrected chi connectivity index (χ3v) is 5.70. The number of primary amides is 1. The second kappa shape index (κ2) is 6.76. The molecule has 4 rings (SSSR count). The number of amides is 2. The van der Waals surface area contributed by atoms with Crippen molar-refractivity contribution in [1.29, 1.82) is 0 Å². The SMILES string of the molecule is CN(C)C1(C(N)=O)CCN(C(=O)c2cc(-c3ccc4ccccc4c3)n[nH]2)C1. The quantitative estimate of drug-likeness (QED) is 0.725. The number of carbonyl (C=O) groups excluding carboxylic acids is 2. The van der Waals surface area contributed by atoms with E-state index < -0.39 is 11.4 Å². The summed E-state index contributed by atoms with van der Waals surface area (Å²) in [4.78, 5) is 28.4. The van der Waals surface area contributed by atoms with E-state index in [2.05, 4.69) is 22.3 Å². The number of rotatable bonds is 4. The zero-order valence-electron chi connectivity index (χ0n) is 16.0. The van der Waals surface area contributed by atoms with Crippen LogP contribution in [0.2, 0.25) is 0 Å². The molecule has 0 spiro atoms. The standard InChI is InChI=1S/C21H23N5O2/c1-25(2)21(20(22)28)9-10-26(13-21)19(27)18-12-17(23-24-18)16-8-7-14-5-3-4-6-15(14)11-16/h3-8,11-12H,9-10,13H2,1-2H3,(H2,22,28)(H,23,24). The zero-order valence-corrected chi connectivity index (χ0v) is 16.0. The molecule has 2 aromatic carbocycles. The lowest BCUT2D eigenvalue weighted by Crippen LogP contribution is -2.56. The Kier molecular flexibility index (Phi) is 4.39. The molecule has 1 fully saturated rings. The fourth-order valence-electron chi connectivity index (χ4n) is 3.85. The highest BCUT2D eigenvalue weighted by Crippen LogP contribution is 2.28. The number of carbonyl (C=O) groups is 2. The highest BCUT2D eigenvalue weighted by molar-refractivity contribution is 5.95. The van der Waals surface area contributed by atoms with Crippen LogP contribution in [0.15, 0.2) is 48.5 Å². The average molecular weight is 377 g/mol. The summed E-state index contributed by atoms with van der Waals surface area (Å²) in [6.45, 7) is 0.753. The maximum atomic E-state index is 12.9. The number of nitrogens with zero attached hydrogens (tertiary/aromatic N) is 3. The Morgan fingerprint density at radius 1 is 1.14 bits per heavy atom. The van der Waals surface area contributed by atoms with Crippen LogP contribution in [0.5, 0.6) is 0 Å². The van der Waals surface area contributed by atoms with Gasteiger partial charge in [-0.3, -0.25) is 19.6 Å². The molecule has 0 aliphatic carbocycles. The van der Waals surface area contributed by atoms with Crippen molar-refractivity contribution >= 4 is 22.6 Å². The van der Waals surface area contributed by atoms with E-state index in [1.165, 1.54) is 0 Å². The number of H-pyrrole nitrogens is 1. The van der Waals surface area contributed by atoms with E-state index in [1.807, 2.05) is 44.4 Å². The van der Waals surface area contributed by atoms with Crippen molar-refractivity contribution in [3.8, 4) is 11.3 Å². The van der Waals surface area contributed by atoms with Crippen LogP contribution in [0.1, 0.15) is 16.9 Å². The molecule has 1 atom stereocenters. The first-order valence-electron chi connectivity index (χ1n) is 9.22. The number of hydrogen-bond donors (Lipinski definition) is 2. The molecular weight excluding hydrogens is 354 g/mol. The average Bonchev–Trinajstić information content (AvgIpc) is 3.35. The van der Waals surface area contributed by atoms with Gasteiger partial charge in [0.1, 0.15) is 11.2 Å². The van der Waals surface area contributed by atoms with E-state index in [-0.39, 0.29) is 12.5 Å². The molecule has 0 saturated carbocycles. The summed E-state index contributed by atoms with van der Waals surface area (Å²) in [7, 11) is 3.62. The Labute approximate surface area is 163 Å². The highest BCUT2D eigenvalue weighted by atomic mass is 16.2. The van der Waals surface area contributed by atoms with Gasteiger partial charge >= 0.3 is 0 Å². The van der Waals surface area contributed by atoms with Gasteiger partial charge in [0.05, 0.1) is 5.69 Å². The predicted molar refractivity (Wildman–Crippen MR) is 108 cm³/mol. The number of likely N-dealkylation sites (tertiary alicyclic amines) is 1. The monoisotopic (exact) mass is 377 g/mol. The van der Waals surface area contributed by atoms with Crippen molar-refractivity contribution in [2.45, 2.75) is 12.0 Å². The van der Waals surface area contributed by atoms with Crippen LogP contribution in [0, 0.1) is 0 Å². The van der Waals surface area contributed by atoms with Crippen molar-refractivity contribution in [1.82, 2.24) is 20.0 Å². The summed E-state index contributed by atoms with van der Waals surface area (Å²) < 4.78 is 0. The van der Waals surface area contributed by atoms with Gasteiger partial charge in [0.15, 0.2) is 0 Å². The minimum Gasteiger partial charge on any atom is -0.368 e. The number of likely N-dealkylation sites (N-methyl/N-ethyl adjacent to an activating group) is 1. The van der Waals surface area contributed by atoms with Crippen molar-refractivity contribution in [3.05, 3.63) is 54.2 Å². The van der Waals surface area contributed by atoms with Gasteiger partial charge in [-0.2, -0.15) is 5.10 Å². The number of hydrogen-bond acceptors (Lipinski definition) is 4. The van der Waals surface area contributed by atoms with Gasteiger partial charge in [-0.1, -0.05) is 36.4 Å². The summed E-state index contributed by atoms with van der Waals surface area (Å²) >= 11 is 0. The summed E-state index contributed by atoms with van der Waals surface area (Å²) in [6, 6.07) is 15.9. The van der Waals surface area contributed by atoms with Gasteiger partial charge in [-0.15, -0.1) is 0 Å². The molecule has 1 aliphatic rings. The normalized spacial score (nSPS) is 19.5. The number of benzene rings is 2. The Bertz CT molecular complexity index is 1060. The topological polar surface area (TPSA) is 95.3 Å². The number of nitrogens with one attached hydrogen (secondary N) is 1. The summed E-state index contributed by atoms with van der Waals surface area (Å²) in [5.41, 5.74) is 6.85. The number of aromatic amines is 1. The molecule has 144 valence electrons. The van der Waals surface area contributed by atoms with Crippen molar-refractivity contribution in [2.24, 2.45) is 5.73 Å². The first-order valence-corrected chi connectivity index (χ1v) is 9.22. The predicted octanol–water partition coefficient (Wildman–Crippen LogP) is 1.86. The zero-order chi connectivity index (χ0) is 19.9. The van der Waals surface area contributed by atoms with Gasteiger partial charge in [-0.25, -0.2) is 0 Å². The van der Waals surface area contributed by atoms with Crippen LogP contribution in [0.25, 0.3) is 22.0 Å². The molecule has 7 nitrogen and oxygen atoms in total. The number of fused-ring (bicyclic) bond motifs is 1. The number of nitrogens with two attached hydrogens (primary N) is 1. The third kappa shape index (κ3) is 2.93. The van der Waals surface area contributed by atoms with Gasteiger partial charge in [0, 0.05) is 18.7 Å².